The molecule has 0 fully saturated rings. The predicted molar refractivity (Wildman–Crippen MR) is 32.9 cm³/mol. The number of rotatable bonds is 2. The fraction of sp³-hybridized carbons (Fsp3) is 0.667. The lowest BCUT2D eigenvalue weighted by Crippen LogP contribution is -2.05. The molecule has 0 aliphatic rings. The highest BCUT2D eigenvalue weighted by Gasteiger charge is 1.96. The predicted octanol–water partition coefficient (Wildman–Crippen LogP) is -0.506. The molecule has 0 spiro atoms. The van der Waals surface area contributed by atoms with E-state index in [-0.39, 0.29) is 0 Å². The van der Waals surface area contributed by atoms with Crippen molar-refractivity contribution in [2.75, 3.05) is 11.6 Å². The molecule has 2 N–H and O–H groups in total. The highest BCUT2D eigenvalue weighted by atomic mass is 35.5. The largest absolute Gasteiger partial charge is 0.367 e. The third kappa shape index (κ3) is 1.29. The summed E-state index contributed by atoms with van der Waals surface area (Å²) < 4.78 is 1.44. The van der Waals surface area contributed by atoms with Crippen molar-refractivity contribution in [1.82, 2.24) is 20.2 Å². The van der Waals surface area contributed by atoms with Gasteiger partial charge in [-0.15, -0.1) is 11.6 Å². The average molecular weight is 148 g/mol. The van der Waals surface area contributed by atoms with E-state index in [4.69, 9.17) is 17.3 Å². The number of hydrogen-bond acceptors (Lipinski definition) is 4. The molecule has 0 atom stereocenters. The summed E-state index contributed by atoms with van der Waals surface area (Å²) in [5, 5.41) is 10.3. The van der Waals surface area contributed by atoms with Crippen molar-refractivity contribution in [3.05, 3.63) is 0 Å². The molecule has 9 heavy (non-hydrogen) atoms. The summed E-state index contributed by atoms with van der Waals surface area (Å²) in [6.45, 7) is 0.556. The van der Waals surface area contributed by atoms with Crippen LogP contribution in [0.3, 0.4) is 0 Å². The third-order valence-electron chi connectivity index (χ3n) is 0.856. The first kappa shape index (κ1) is 6.28. The van der Waals surface area contributed by atoms with Crippen molar-refractivity contribution >= 4 is 17.5 Å². The maximum Gasteiger partial charge on any atom is 0.240 e. The lowest BCUT2D eigenvalue weighted by atomic mass is 10.7. The van der Waals surface area contributed by atoms with Gasteiger partial charge in [-0.25, -0.2) is 4.68 Å². The summed E-state index contributed by atoms with van der Waals surface area (Å²) in [6.07, 6.45) is 0. The van der Waals surface area contributed by atoms with Gasteiger partial charge >= 0.3 is 0 Å². The van der Waals surface area contributed by atoms with E-state index in [0.717, 1.165) is 0 Å². The second-order valence-electron chi connectivity index (χ2n) is 1.45. The Kier molecular flexibility index (Phi) is 1.84. The van der Waals surface area contributed by atoms with E-state index in [0.29, 0.717) is 18.4 Å². The zero-order valence-corrected chi connectivity index (χ0v) is 5.41. The van der Waals surface area contributed by atoms with Gasteiger partial charge in [-0.3, -0.25) is 0 Å². The molecule has 1 aromatic heterocycles. The quantitative estimate of drug-likeness (QED) is 0.573. The van der Waals surface area contributed by atoms with E-state index in [2.05, 4.69) is 15.5 Å². The van der Waals surface area contributed by atoms with E-state index in [1.54, 1.807) is 0 Å². The normalized spacial score (nSPS) is 9.89. The third-order valence-corrected chi connectivity index (χ3v) is 1.02. The Labute approximate surface area is 56.8 Å². The number of alkyl halides is 1. The molecule has 50 valence electrons. The van der Waals surface area contributed by atoms with Gasteiger partial charge in [0.2, 0.25) is 5.95 Å². The van der Waals surface area contributed by atoms with Crippen LogP contribution in [0.5, 0.6) is 0 Å². The molecule has 0 unspecified atom stereocenters. The van der Waals surface area contributed by atoms with Crippen molar-refractivity contribution in [2.24, 2.45) is 0 Å². The molecule has 0 aromatic carbocycles. The fourth-order valence-electron chi connectivity index (χ4n) is 0.451. The molecule has 0 saturated heterocycles. The summed E-state index contributed by atoms with van der Waals surface area (Å²) in [4.78, 5) is 0. The lowest BCUT2D eigenvalue weighted by Gasteiger charge is -1.93. The SMILES string of the molecule is Nc1nnnn1CCCl. The smallest absolute Gasteiger partial charge is 0.240 e. The first-order valence-electron chi connectivity index (χ1n) is 2.42. The molecule has 1 heterocycles. The number of aromatic nitrogens is 4. The van der Waals surface area contributed by atoms with Crippen LogP contribution in [0.15, 0.2) is 0 Å². The highest BCUT2D eigenvalue weighted by Crippen LogP contribution is 1.91. The van der Waals surface area contributed by atoms with Crippen LogP contribution in [0.25, 0.3) is 0 Å². The summed E-state index contributed by atoms with van der Waals surface area (Å²) in [6, 6.07) is 0. The fourth-order valence-corrected chi connectivity index (χ4v) is 0.611. The summed E-state index contributed by atoms with van der Waals surface area (Å²) in [7, 11) is 0. The van der Waals surface area contributed by atoms with Crippen LogP contribution < -0.4 is 5.73 Å². The Morgan fingerprint density at radius 2 is 2.44 bits per heavy atom. The van der Waals surface area contributed by atoms with Crippen molar-refractivity contribution in [3.63, 3.8) is 0 Å². The monoisotopic (exact) mass is 147 g/mol. The molecule has 0 aliphatic carbocycles. The van der Waals surface area contributed by atoms with E-state index in [1.807, 2.05) is 0 Å². The van der Waals surface area contributed by atoms with Gasteiger partial charge in [-0.1, -0.05) is 5.10 Å². The first-order valence-corrected chi connectivity index (χ1v) is 2.95. The molecule has 1 aromatic rings. The standard InChI is InChI=1S/C3H6ClN5/c4-1-2-9-3(5)6-7-8-9/h1-2H2,(H2,5,6,8). The maximum absolute atomic E-state index is 5.39. The van der Waals surface area contributed by atoms with Crippen LogP contribution in [0.2, 0.25) is 0 Å². The zero-order chi connectivity index (χ0) is 6.69. The van der Waals surface area contributed by atoms with Gasteiger partial charge in [-0.2, -0.15) is 0 Å². The lowest BCUT2D eigenvalue weighted by molar-refractivity contribution is 0.636. The van der Waals surface area contributed by atoms with Crippen LogP contribution in [0.4, 0.5) is 5.95 Å². The van der Waals surface area contributed by atoms with Crippen LogP contribution in [0.1, 0.15) is 0 Å². The van der Waals surface area contributed by atoms with Crippen LogP contribution >= 0.6 is 11.6 Å². The van der Waals surface area contributed by atoms with Gasteiger partial charge in [0.15, 0.2) is 0 Å². The molecule has 6 heteroatoms. The van der Waals surface area contributed by atoms with E-state index >= 15 is 0 Å². The molecule has 5 nitrogen and oxygen atoms in total. The molecule has 0 saturated carbocycles. The minimum atomic E-state index is 0.302. The van der Waals surface area contributed by atoms with E-state index in [1.165, 1.54) is 4.68 Å². The molecular weight excluding hydrogens is 142 g/mol. The van der Waals surface area contributed by atoms with Crippen molar-refractivity contribution in [1.29, 1.82) is 0 Å². The second-order valence-corrected chi connectivity index (χ2v) is 1.83. The minimum absolute atomic E-state index is 0.302. The molecule has 0 radical (unpaired) electrons. The Hall–Kier alpha value is -0.840. The molecule has 0 amide bonds. The van der Waals surface area contributed by atoms with Crippen LogP contribution in [-0.2, 0) is 6.54 Å². The number of nitrogens with two attached hydrogens (primary N) is 1. The summed E-state index contributed by atoms with van der Waals surface area (Å²) in [5.41, 5.74) is 5.29. The minimum Gasteiger partial charge on any atom is -0.367 e. The Bertz CT molecular complexity index is 184. The summed E-state index contributed by atoms with van der Waals surface area (Å²) >= 11 is 5.39. The maximum atomic E-state index is 5.39. The Balaban J connectivity index is 2.69. The van der Waals surface area contributed by atoms with Gasteiger partial charge in [0.1, 0.15) is 0 Å². The van der Waals surface area contributed by atoms with Crippen molar-refractivity contribution in [3.8, 4) is 0 Å². The van der Waals surface area contributed by atoms with Gasteiger partial charge in [0.05, 0.1) is 6.54 Å². The Morgan fingerprint density at radius 3 is 2.89 bits per heavy atom. The number of anilines is 1. The van der Waals surface area contributed by atoms with Crippen LogP contribution in [0, 0.1) is 0 Å². The number of hydrogen-bond donors (Lipinski definition) is 1. The molecular formula is C3H6ClN5. The second kappa shape index (κ2) is 2.63. The number of nitrogen functional groups attached to an aromatic ring is 1. The number of tetrazole rings is 1. The van der Waals surface area contributed by atoms with Crippen LogP contribution in [-0.4, -0.2) is 26.1 Å². The van der Waals surface area contributed by atoms with E-state index in [9.17, 15) is 0 Å². The average Bonchev–Trinajstić information content (AvgIpc) is 2.18. The van der Waals surface area contributed by atoms with Gasteiger partial charge in [-0.05, 0) is 10.4 Å². The van der Waals surface area contributed by atoms with Gasteiger partial charge in [0, 0.05) is 5.88 Å². The summed E-state index contributed by atoms with van der Waals surface area (Å²) in [5.74, 6) is 0.769. The van der Waals surface area contributed by atoms with Gasteiger partial charge in [0.25, 0.3) is 0 Å². The topological polar surface area (TPSA) is 69.6 Å². The van der Waals surface area contributed by atoms with Gasteiger partial charge < -0.3 is 5.73 Å². The molecule has 0 bridgehead atoms. The Morgan fingerprint density at radius 1 is 1.67 bits per heavy atom. The molecule has 0 aliphatic heterocycles. The number of aryl methyl sites for hydroxylation is 1. The molecule has 1 rings (SSSR count). The van der Waals surface area contributed by atoms with Crippen molar-refractivity contribution < 1.29 is 0 Å². The highest BCUT2D eigenvalue weighted by molar-refractivity contribution is 6.17. The zero-order valence-electron chi connectivity index (χ0n) is 4.66. The van der Waals surface area contributed by atoms with E-state index < -0.39 is 0 Å². The first-order chi connectivity index (χ1) is 4.34. The number of nitrogens with zero attached hydrogens (tertiary/aromatic N) is 4. The van der Waals surface area contributed by atoms with Crippen molar-refractivity contribution in [2.45, 2.75) is 6.54 Å². The number of halogens is 1.